The molecule has 25 heavy (non-hydrogen) atoms. The van der Waals surface area contributed by atoms with E-state index in [2.05, 4.69) is 20.8 Å². The van der Waals surface area contributed by atoms with Crippen molar-refractivity contribution in [2.75, 3.05) is 5.43 Å². The standard InChI is InChI=1S/C17H17F3N4O/c1-9-7-10(2)22-16(21-9)24-23-15(25)13-8-12(13)11-5-3-4-6-14(11)17(18,19)20/h3-7,12-13H,8H2,1-2H3,(H,23,25)(H,21,22,24). The summed E-state index contributed by atoms with van der Waals surface area (Å²) in [5, 5.41) is 0. The van der Waals surface area contributed by atoms with Gasteiger partial charge in [0.25, 0.3) is 0 Å². The maximum absolute atomic E-state index is 13.1. The molecule has 2 N–H and O–H groups in total. The van der Waals surface area contributed by atoms with Crippen LogP contribution in [0.4, 0.5) is 19.1 Å². The first kappa shape index (κ1) is 17.2. The summed E-state index contributed by atoms with van der Waals surface area (Å²) in [6.45, 7) is 3.60. The smallest absolute Gasteiger partial charge is 0.273 e. The molecular weight excluding hydrogens is 333 g/mol. The molecule has 0 bridgehead atoms. The summed E-state index contributed by atoms with van der Waals surface area (Å²) in [5.41, 5.74) is 6.07. The number of carbonyl (C=O) groups is 1. The number of aryl methyl sites for hydroxylation is 2. The molecule has 1 fully saturated rings. The number of hydrazine groups is 1. The molecule has 1 aliphatic carbocycles. The third-order valence-electron chi connectivity index (χ3n) is 4.07. The van der Waals surface area contributed by atoms with Crippen LogP contribution in [0.1, 0.15) is 34.9 Å². The molecule has 1 heterocycles. The minimum atomic E-state index is -4.43. The summed E-state index contributed by atoms with van der Waals surface area (Å²) in [5.74, 6) is -1.05. The molecule has 0 spiro atoms. The maximum atomic E-state index is 13.1. The number of hydrogen-bond donors (Lipinski definition) is 2. The van der Waals surface area contributed by atoms with Crippen LogP contribution in [0.15, 0.2) is 30.3 Å². The largest absolute Gasteiger partial charge is 0.416 e. The van der Waals surface area contributed by atoms with E-state index in [0.717, 1.165) is 17.5 Å². The van der Waals surface area contributed by atoms with Crippen LogP contribution in [0, 0.1) is 19.8 Å². The number of alkyl halides is 3. The van der Waals surface area contributed by atoms with Crippen LogP contribution >= 0.6 is 0 Å². The molecule has 0 radical (unpaired) electrons. The molecule has 1 aliphatic rings. The van der Waals surface area contributed by atoms with Gasteiger partial charge in [0.05, 0.1) is 5.56 Å². The van der Waals surface area contributed by atoms with E-state index >= 15 is 0 Å². The van der Waals surface area contributed by atoms with Crippen molar-refractivity contribution in [3.8, 4) is 0 Å². The Bertz CT molecular complexity index is 786. The fraction of sp³-hybridized carbons (Fsp3) is 0.353. The van der Waals surface area contributed by atoms with Gasteiger partial charge in [-0.15, -0.1) is 0 Å². The molecule has 0 aliphatic heterocycles. The van der Waals surface area contributed by atoms with Crippen LogP contribution in [-0.2, 0) is 11.0 Å². The Labute approximate surface area is 142 Å². The van der Waals surface area contributed by atoms with Crippen molar-refractivity contribution in [3.63, 3.8) is 0 Å². The predicted octanol–water partition coefficient (Wildman–Crippen LogP) is 3.36. The lowest BCUT2D eigenvalue weighted by molar-refractivity contribution is -0.138. The number of anilines is 1. The van der Waals surface area contributed by atoms with Crippen LogP contribution in [0.2, 0.25) is 0 Å². The van der Waals surface area contributed by atoms with E-state index in [1.807, 2.05) is 0 Å². The maximum Gasteiger partial charge on any atom is 0.416 e. The highest BCUT2D eigenvalue weighted by molar-refractivity contribution is 5.83. The zero-order valence-electron chi connectivity index (χ0n) is 13.7. The Morgan fingerprint density at radius 1 is 1.16 bits per heavy atom. The first-order chi connectivity index (χ1) is 11.8. The van der Waals surface area contributed by atoms with Gasteiger partial charge in [-0.3, -0.25) is 15.6 Å². The molecule has 2 aromatic rings. The first-order valence-electron chi connectivity index (χ1n) is 7.80. The fourth-order valence-corrected chi connectivity index (χ4v) is 2.90. The number of halogens is 3. The number of carbonyl (C=O) groups excluding carboxylic acids is 1. The van der Waals surface area contributed by atoms with E-state index in [9.17, 15) is 18.0 Å². The first-order valence-corrected chi connectivity index (χ1v) is 7.80. The van der Waals surface area contributed by atoms with Gasteiger partial charge < -0.3 is 0 Å². The lowest BCUT2D eigenvalue weighted by atomic mass is 10.0. The molecule has 8 heteroatoms. The topological polar surface area (TPSA) is 66.9 Å². The van der Waals surface area contributed by atoms with Crippen molar-refractivity contribution in [1.29, 1.82) is 0 Å². The van der Waals surface area contributed by atoms with Gasteiger partial charge in [-0.1, -0.05) is 18.2 Å². The van der Waals surface area contributed by atoms with Crippen LogP contribution in [-0.4, -0.2) is 15.9 Å². The second-order valence-corrected chi connectivity index (χ2v) is 6.12. The molecular formula is C17H17F3N4O. The zero-order valence-corrected chi connectivity index (χ0v) is 13.7. The highest BCUT2D eigenvalue weighted by Crippen LogP contribution is 2.50. The second-order valence-electron chi connectivity index (χ2n) is 6.12. The van der Waals surface area contributed by atoms with Crippen molar-refractivity contribution in [1.82, 2.24) is 15.4 Å². The van der Waals surface area contributed by atoms with E-state index < -0.39 is 23.6 Å². The lowest BCUT2D eigenvalue weighted by Crippen LogP contribution is -2.32. The van der Waals surface area contributed by atoms with Gasteiger partial charge in [0.1, 0.15) is 0 Å². The van der Waals surface area contributed by atoms with E-state index in [0.29, 0.717) is 6.42 Å². The fourth-order valence-electron chi connectivity index (χ4n) is 2.90. The average Bonchev–Trinajstić information content (AvgIpc) is 3.31. The summed E-state index contributed by atoms with van der Waals surface area (Å²) in [4.78, 5) is 20.4. The number of amides is 1. The second kappa shape index (κ2) is 6.34. The summed E-state index contributed by atoms with van der Waals surface area (Å²) in [7, 11) is 0. The monoisotopic (exact) mass is 350 g/mol. The van der Waals surface area contributed by atoms with E-state index in [4.69, 9.17) is 0 Å². The molecule has 5 nitrogen and oxygen atoms in total. The SMILES string of the molecule is Cc1cc(C)nc(NNC(=O)C2CC2c2ccccc2C(F)(F)F)n1. The quantitative estimate of drug-likeness (QED) is 0.830. The van der Waals surface area contributed by atoms with Gasteiger partial charge in [-0.25, -0.2) is 9.97 Å². The molecule has 132 valence electrons. The Morgan fingerprint density at radius 2 is 1.80 bits per heavy atom. The van der Waals surface area contributed by atoms with Crippen molar-refractivity contribution in [2.45, 2.75) is 32.4 Å². The van der Waals surface area contributed by atoms with Gasteiger partial charge in [0.2, 0.25) is 11.9 Å². The number of aromatic nitrogens is 2. The van der Waals surface area contributed by atoms with E-state index in [1.165, 1.54) is 12.1 Å². The van der Waals surface area contributed by atoms with Crippen molar-refractivity contribution < 1.29 is 18.0 Å². The summed E-state index contributed by atoms with van der Waals surface area (Å²) < 4.78 is 39.2. The Hall–Kier alpha value is -2.64. The summed E-state index contributed by atoms with van der Waals surface area (Å²) in [6.07, 6.45) is -4.04. The number of hydrogen-bond acceptors (Lipinski definition) is 4. The third-order valence-corrected chi connectivity index (χ3v) is 4.07. The van der Waals surface area contributed by atoms with Gasteiger partial charge in [0, 0.05) is 17.3 Å². The highest BCUT2D eigenvalue weighted by Gasteiger charge is 2.47. The van der Waals surface area contributed by atoms with Crippen LogP contribution in [0.3, 0.4) is 0 Å². The molecule has 2 atom stereocenters. The predicted molar refractivity (Wildman–Crippen MR) is 85.6 cm³/mol. The Kier molecular flexibility index (Phi) is 4.36. The minimum absolute atomic E-state index is 0.165. The number of benzene rings is 1. The van der Waals surface area contributed by atoms with Gasteiger partial charge in [0.15, 0.2) is 0 Å². The van der Waals surface area contributed by atoms with Crippen LogP contribution < -0.4 is 10.9 Å². The minimum Gasteiger partial charge on any atom is -0.273 e. The molecule has 1 aromatic carbocycles. The number of rotatable bonds is 4. The Morgan fingerprint density at radius 3 is 2.44 bits per heavy atom. The lowest BCUT2D eigenvalue weighted by Gasteiger charge is -2.12. The normalized spacial score (nSPS) is 19.4. The molecule has 1 aromatic heterocycles. The van der Waals surface area contributed by atoms with Crippen molar-refractivity contribution in [3.05, 3.63) is 52.8 Å². The van der Waals surface area contributed by atoms with Crippen LogP contribution in [0.25, 0.3) is 0 Å². The Balaban J connectivity index is 1.65. The van der Waals surface area contributed by atoms with Gasteiger partial charge in [-0.2, -0.15) is 13.2 Å². The molecule has 3 rings (SSSR count). The molecule has 1 amide bonds. The summed E-state index contributed by atoms with van der Waals surface area (Å²) in [6, 6.07) is 7.17. The molecule has 1 saturated carbocycles. The van der Waals surface area contributed by atoms with Crippen molar-refractivity contribution in [2.24, 2.45) is 5.92 Å². The highest BCUT2D eigenvalue weighted by atomic mass is 19.4. The average molecular weight is 350 g/mol. The van der Waals surface area contributed by atoms with Gasteiger partial charge >= 0.3 is 6.18 Å². The molecule has 0 saturated heterocycles. The van der Waals surface area contributed by atoms with E-state index in [1.54, 1.807) is 26.0 Å². The van der Waals surface area contributed by atoms with Crippen LogP contribution in [0.5, 0.6) is 0 Å². The number of nitrogens with one attached hydrogen (secondary N) is 2. The third kappa shape index (κ3) is 3.89. The van der Waals surface area contributed by atoms with Crippen molar-refractivity contribution >= 4 is 11.9 Å². The number of nitrogens with zero attached hydrogens (tertiary/aromatic N) is 2. The molecule has 2 unspecified atom stereocenters. The summed E-state index contributed by atoms with van der Waals surface area (Å²) >= 11 is 0. The zero-order chi connectivity index (χ0) is 18.2. The van der Waals surface area contributed by atoms with Gasteiger partial charge in [-0.05, 0) is 43.9 Å². The van der Waals surface area contributed by atoms with E-state index in [-0.39, 0.29) is 17.4 Å².